The Morgan fingerprint density at radius 3 is 2.55 bits per heavy atom. The summed E-state index contributed by atoms with van der Waals surface area (Å²) in [6.45, 7) is 8.57. The first-order chi connectivity index (χ1) is 13.8. The second kappa shape index (κ2) is 7.28. The number of rotatable bonds is 4. The Morgan fingerprint density at radius 2 is 1.86 bits per heavy atom. The van der Waals surface area contributed by atoms with Gasteiger partial charge in [0.25, 0.3) is 5.91 Å². The summed E-state index contributed by atoms with van der Waals surface area (Å²) in [6.07, 6.45) is 0. The van der Waals surface area contributed by atoms with Crippen molar-refractivity contribution in [2.24, 2.45) is 0 Å². The highest BCUT2D eigenvalue weighted by Gasteiger charge is 2.35. The SMILES string of the molecule is Cc1noc(C)c1COc1ccc(C(=O)N2CC(C)(C)Oc3ccccc32)cc1. The zero-order valence-corrected chi connectivity index (χ0v) is 17.1. The van der Waals surface area contributed by atoms with Crippen molar-refractivity contribution in [1.82, 2.24) is 5.16 Å². The molecule has 0 bridgehead atoms. The first-order valence-electron chi connectivity index (χ1n) is 9.58. The second-order valence-corrected chi connectivity index (χ2v) is 7.84. The smallest absolute Gasteiger partial charge is 0.258 e. The van der Waals surface area contributed by atoms with Gasteiger partial charge in [-0.15, -0.1) is 0 Å². The minimum absolute atomic E-state index is 0.0638. The van der Waals surface area contributed by atoms with E-state index in [1.54, 1.807) is 17.0 Å². The number of benzene rings is 2. The van der Waals surface area contributed by atoms with Crippen LogP contribution < -0.4 is 14.4 Å². The van der Waals surface area contributed by atoms with Gasteiger partial charge in [0.15, 0.2) is 0 Å². The topological polar surface area (TPSA) is 64.8 Å². The molecule has 0 N–H and O–H groups in total. The van der Waals surface area contributed by atoms with Crippen LogP contribution in [0.1, 0.15) is 41.2 Å². The van der Waals surface area contributed by atoms with E-state index in [-0.39, 0.29) is 5.91 Å². The molecule has 2 aromatic carbocycles. The average Bonchev–Trinajstić information content (AvgIpc) is 3.02. The minimum atomic E-state index is -0.457. The number of carbonyl (C=O) groups excluding carboxylic acids is 1. The molecule has 0 fully saturated rings. The molecular formula is C23H24N2O4. The largest absolute Gasteiger partial charge is 0.489 e. The number of ether oxygens (including phenoxy) is 2. The number of para-hydroxylation sites is 2. The number of carbonyl (C=O) groups is 1. The summed E-state index contributed by atoms with van der Waals surface area (Å²) < 4.78 is 17.0. The van der Waals surface area contributed by atoms with Crippen molar-refractivity contribution in [3.05, 3.63) is 71.1 Å². The van der Waals surface area contributed by atoms with Crippen LogP contribution in [-0.2, 0) is 6.61 Å². The molecule has 0 atom stereocenters. The zero-order chi connectivity index (χ0) is 20.6. The Balaban J connectivity index is 1.51. The van der Waals surface area contributed by atoms with Crippen molar-refractivity contribution >= 4 is 11.6 Å². The van der Waals surface area contributed by atoms with Crippen molar-refractivity contribution in [3.63, 3.8) is 0 Å². The summed E-state index contributed by atoms with van der Waals surface area (Å²) in [5.41, 5.74) is 2.69. The highest BCUT2D eigenvalue weighted by Crippen LogP contribution is 2.37. The van der Waals surface area contributed by atoms with Gasteiger partial charge in [-0.3, -0.25) is 4.79 Å². The Bertz CT molecular complexity index is 1020. The molecule has 4 rings (SSSR count). The highest BCUT2D eigenvalue weighted by atomic mass is 16.5. The van der Waals surface area contributed by atoms with E-state index in [1.165, 1.54) is 0 Å². The van der Waals surface area contributed by atoms with Crippen molar-refractivity contribution in [1.29, 1.82) is 0 Å². The fourth-order valence-corrected chi connectivity index (χ4v) is 3.46. The van der Waals surface area contributed by atoms with E-state index in [9.17, 15) is 4.79 Å². The standard InChI is InChI=1S/C23H24N2O4/c1-15-19(16(2)29-24-15)13-27-18-11-9-17(10-12-18)22(26)25-14-23(3,4)28-21-8-6-5-7-20(21)25/h5-12H,13-14H2,1-4H3. The molecule has 1 amide bonds. The molecule has 0 saturated heterocycles. The van der Waals surface area contributed by atoms with Crippen molar-refractivity contribution in [2.75, 3.05) is 11.4 Å². The maximum Gasteiger partial charge on any atom is 0.258 e. The fourth-order valence-electron chi connectivity index (χ4n) is 3.46. The molecule has 0 unspecified atom stereocenters. The van der Waals surface area contributed by atoms with Crippen LogP contribution >= 0.6 is 0 Å². The van der Waals surface area contributed by atoms with Crippen LogP contribution in [0.5, 0.6) is 11.5 Å². The third-order valence-electron chi connectivity index (χ3n) is 4.99. The van der Waals surface area contributed by atoms with Crippen LogP contribution in [0, 0.1) is 13.8 Å². The number of amides is 1. The van der Waals surface area contributed by atoms with Gasteiger partial charge in [-0.05, 0) is 64.1 Å². The monoisotopic (exact) mass is 392 g/mol. The maximum absolute atomic E-state index is 13.2. The number of fused-ring (bicyclic) bond motifs is 1. The van der Waals surface area contributed by atoms with Crippen molar-refractivity contribution in [2.45, 2.75) is 39.9 Å². The highest BCUT2D eigenvalue weighted by molar-refractivity contribution is 6.07. The summed E-state index contributed by atoms with van der Waals surface area (Å²) in [6, 6.07) is 14.8. The van der Waals surface area contributed by atoms with Gasteiger partial charge in [-0.1, -0.05) is 17.3 Å². The second-order valence-electron chi connectivity index (χ2n) is 7.84. The van der Waals surface area contributed by atoms with Crippen LogP contribution in [0.4, 0.5) is 5.69 Å². The van der Waals surface area contributed by atoms with E-state index in [2.05, 4.69) is 5.16 Å². The van der Waals surface area contributed by atoms with Crippen LogP contribution in [0.2, 0.25) is 0 Å². The molecule has 6 nitrogen and oxygen atoms in total. The molecule has 1 aromatic heterocycles. The van der Waals surface area contributed by atoms with Gasteiger partial charge in [0.2, 0.25) is 0 Å². The molecule has 0 radical (unpaired) electrons. The van der Waals surface area contributed by atoms with E-state index in [0.717, 1.165) is 28.5 Å². The summed E-state index contributed by atoms with van der Waals surface area (Å²) in [5, 5.41) is 3.93. The van der Waals surface area contributed by atoms with Gasteiger partial charge in [-0.2, -0.15) is 0 Å². The van der Waals surface area contributed by atoms with Gasteiger partial charge in [-0.25, -0.2) is 0 Å². The lowest BCUT2D eigenvalue weighted by Gasteiger charge is -2.39. The maximum atomic E-state index is 13.2. The molecule has 0 aliphatic carbocycles. The molecule has 29 heavy (non-hydrogen) atoms. The molecule has 6 heteroatoms. The fraction of sp³-hybridized carbons (Fsp3) is 0.304. The van der Waals surface area contributed by atoms with Gasteiger partial charge >= 0.3 is 0 Å². The summed E-state index contributed by atoms with van der Waals surface area (Å²) >= 11 is 0. The molecule has 0 saturated carbocycles. The Hall–Kier alpha value is -3.28. The molecule has 3 aromatic rings. The molecule has 1 aliphatic heterocycles. The average molecular weight is 392 g/mol. The number of anilines is 1. The van der Waals surface area contributed by atoms with E-state index < -0.39 is 5.60 Å². The van der Waals surface area contributed by atoms with Crippen LogP contribution in [0.25, 0.3) is 0 Å². The van der Waals surface area contributed by atoms with Crippen molar-refractivity contribution in [3.8, 4) is 11.5 Å². The van der Waals surface area contributed by atoms with E-state index >= 15 is 0 Å². The minimum Gasteiger partial charge on any atom is -0.489 e. The van der Waals surface area contributed by atoms with E-state index in [4.69, 9.17) is 14.0 Å². The van der Waals surface area contributed by atoms with Crippen LogP contribution in [0.3, 0.4) is 0 Å². The van der Waals surface area contributed by atoms with Gasteiger partial charge in [0, 0.05) is 5.56 Å². The number of aryl methyl sites for hydroxylation is 2. The summed E-state index contributed by atoms with van der Waals surface area (Å²) in [7, 11) is 0. The molecular weight excluding hydrogens is 368 g/mol. The number of hydrogen-bond acceptors (Lipinski definition) is 5. The third-order valence-corrected chi connectivity index (χ3v) is 4.99. The van der Waals surface area contributed by atoms with E-state index in [1.807, 2.05) is 64.1 Å². The molecule has 0 spiro atoms. The molecule has 1 aliphatic rings. The van der Waals surface area contributed by atoms with E-state index in [0.29, 0.717) is 24.5 Å². The molecule has 2 heterocycles. The molecule has 150 valence electrons. The van der Waals surface area contributed by atoms with Gasteiger partial charge in [0.1, 0.15) is 29.5 Å². The summed E-state index contributed by atoms with van der Waals surface area (Å²) in [5.74, 6) is 2.09. The Kier molecular flexibility index (Phi) is 4.78. The number of aromatic nitrogens is 1. The van der Waals surface area contributed by atoms with Gasteiger partial charge < -0.3 is 18.9 Å². The number of nitrogens with zero attached hydrogens (tertiary/aromatic N) is 2. The lowest BCUT2D eigenvalue weighted by Crippen LogP contribution is -2.49. The quantitative estimate of drug-likeness (QED) is 0.645. The predicted octanol–water partition coefficient (Wildman–Crippen LogP) is 4.69. The van der Waals surface area contributed by atoms with Crippen LogP contribution in [-0.4, -0.2) is 23.2 Å². The van der Waals surface area contributed by atoms with Crippen molar-refractivity contribution < 1.29 is 18.8 Å². The summed E-state index contributed by atoms with van der Waals surface area (Å²) in [4.78, 5) is 15.0. The normalized spacial score (nSPS) is 14.8. The van der Waals surface area contributed by atoms with Crippen LogP contribution in [0.15, 0.2) is 53.1 Å². The Morgan fingerprint density at radius 1 is 1.14 bits per heavy atom. The zero-order valence-electron chi connectivity index (χ0n) is 17.1. The number of hydrogen-bond donors (Lipinski definition) is 0. The first kappa shape index (κ1) is 19.1. The first-order valence-corrected chi connectivity index (χ1v) is 9.58. The Labute approximate surface area is 170 Å². The predicted molar refractivity (Wildman–Crippen MR) is 110 cm³/mol. The lowest BCUT2D eigenvalue weighted by molar-refractivity contribution is 0.0837. The van der Waals surface area contributed by atoms with Gasteiger partial charge in [0.05, 0.1) is 23.5 Å². The third kappa shape index (κ3) is 3.83. The lowest BCUT2D eigenvalue weighted by atomic mass is 10.0.